The van der Waals surface area contributed by atoms with Crippen LogP contribution in [0.4, 0.5) is 5.82 Å². The SMILES string of the molecule is COc1cc(Br)ccc1S(=O)(=O)Nc1cccc(C)n1. The van der Waals surface area contributed by atoms with Crippen molar-refractivity contribution in [2.45, 2.75) is 11.8 Å². The van der Waals surface area contributed by atoms with Gasteiger partial charge >= 0.3 is 0 Å². The van der Waals surface area contributed by atoms with Gasteiger partial charge in [-0.3, -0.25) is 4.72 Å². The van der Waals surface area contributed by atoms with Crippen LogP contribution in [0.25, 0.3) is 0 Å². The molecule has 0 aliphatic carbocycles. The zero-order valence-electron chi connectivity index (χ0n) is 10.9. The van der Waals surface area contributed by atoms with E-state index >= 15 is 0 Å². The molecule has 2 aromatic rings. The molecular formula is C13H13BrN2O3S. The lowest BCUT2D eigenvalue weighted by molar-refractivity contribution is 0.402. The molecule has 0 bridgehead atoms. The highest BCUT2D eigenvalue weighted by Gasteiger charge is 2.20. The minimum atomic E-state index is -3.75. The van der Waals surface area contributed by atoms with Gasteiger partial charge < -0.3 is 4.74 Å². The minimum absolute atomic E-state index is 0.0616. The molecule has 0 saturated heterocycles. The van der Waals surface area contributed by atoms with Crippen molar-refractivity contribution < 1.29 is 13.2 Å². The Kier molecular flexibility index (Phi) is 4.29. The van der Waals surface area contributed by atoms with E-state index in [4.69, 9.17) is 4.74 Å². The number of benzene rings is 1. The van der Waals surface area contributed by atoms with Crippen LogP contribution in [0.1, 0.15) is 5.69 Å². The first-order chi connectivity index (χ1) is 9.42. The first-order valence-electron chi connectivity index (χ1n) is 5.72. The molecular weight excluding hydrogens is 344 g/mol. The Bertz CT molecular complexity index is 732. The summed E-state index contributed by atoms with van der Waals surface area (Å²) in [5.41, 5.74) is 0.730. The number of aryl methyl sites for hydroxylation is 1. The van der Waals surface area contributed by atoms with Crippen molar-refractivity contribution in [3.63, 3.8) is 0 Å². The zero-order valence-corrected chi connectivity index (χ0v) is 13.3. The van der Waals surface area contributed by atoms with Crippen molar-refractivity contribution in [3.8, 4) is 5.75 Å². The highest BCUT2D eigenvalue weighted by Crippen LogP contribution is 2.28. The molecule has 1 aromatic carbocycles. The van der Waals surface area contributed by atoms with Gasteiger partial charge in [0.05, 0.1) is 7.11 Å². The minimum Gasteiger partial charge on any atom is -0.495 e. The van der Waals surface area contributed by atoms with E-state index in [1.165, 1.54) is 13.2 Å². The molecule has 2 rings (SSSR count). The summed E-state index contributed by atoms with van der Waals surface area (Å²) in [7, 11) is -2.33. The van der Waals surface area contributed by atoms with Crippen LogP contribution in [0.5, 0.6) is 5.75 Å². The average molecular weight is 357 g/mol. The fourth-order valence-electron chi connectivity index (χ4n) is 1.66. The Morgan fingerprint density at radius 2 is 2.00 bits per heavy atom. The van der Waals surface area contributed by atoms with E-state index in [0.717, 1.165) is 10.2 Å². The quantitative estimate of drug-likeness (QED) is 0.914. The van der Waals surface area contributed by atoms with Gasteiger partial charge in [0.2, 0.25) is 0 Å². The van der Waals surface area contributed by atoms with Crippen molar-refractivity contribution in [2.24, 2.45) is 0 Å². The fourth-order valence-corrected chi connectivity index (χ4v) is 3.15. The summed E-state index contributed by atoms with van der Waals surface area (Å²) in [5.74, 6) is 0.537. The summed E-state index contributed by atoms with van der Waals surface area (Å²) in [4.78, 5) is 4.18. The number of hydrogen-bond donors (Lipinski definition) is 1. The second-order valence-corrected chi connectivity index (χ2v) is 6.63. The predicted octanol–water partition coefficient (Wildman–Crippen LogP) is 2.96. The van der Waals surface area contributed by atoms with Gasteiger partial charge in [0, 0.05) is 10.2 Å². The number of methoxy groups -OCH3 is 1. The number of nitrogens with one attached hydrogen (secondary N) is 1. The Morgan fingerprint density at radius 1 is 1.25 bits per heavy atom. The van der Waals surface area contributed by atoms with Crippen LogP contribution in [0.2, 0.25) is 0 Å². The molecule has 1 aromatic heterocycles. The van der Waals surface area contributed by atoms with Crippen molar-refractivity contribution in [1.29, 1.82) is 0 Å². The van der Waals surface area contributed by atoms with Crippen LogP contribution in [-0.2, 0) is 10.0 Å². The van der Waals surface area contributed by atoms with Crippen LogP contribution in [-0.4, -0.2) is 20.5 Å². The van der Waals surface area contributed by atoms with Gasteiger partial charge in [-0.2, -0.15) is 0 Å². The molecule has 7 heteroatoms. The Hall–Kier alpha value is -1.60. The number of pyridine rings is 1. The van der Waals surface area contributed by atoms with Crippen LogP contribution in [0, 0.1) is 6.92 Å². The van der Waals surface area contributed by atoms with E-state index in [1.54, 1.807) is 37.3 Å². The van der Waals surface area contributed by atoms with Crippen LogP contribution >= 0.6 is 15.9 Å². The molecule has 1 heterocycles. The summed E-state index contributed by atoms with van der Waals surface area (Å²) in [5, 5.41) is 0. The van der Waals surface area contributed by atoms with Crippen molar-refractivity contribution in [1.82, 2.24) is 4.98 Å². The van der Waals surface area contributed by atoms with Crippen LogP contribution in [0.15, 0.2) is 45.8 Å². The molecule has 0 aliphatic heterocycles. The van der Waals surface area contributed by atoms with Crippen molar-refractivity contribution in [3.05, 3.63) is 46.6 Å². The monoisotopic (exact) mass is 356 g/mol. The molecule has 0 saturated carbocycles. The lowest BCUT2D eigenvalue weighted by atomic mass is 10.3. The highest BCUT2D eigenvalue weighted by molar-refractivity contribution is 9.10. The zero-order chi connectivity index (χ0) is 14.8. The topological polar surface area (TPSA) is 68.3 Å². The summed E-state index contributed by atoms with van der Waals surface area (Å²) in [6.45, 7) is 1.79. The molecule has 0 radical (unpaired) electrons. The van der Waals surface area contributed by atoms with Gasteiger partial charge in [0.1, 0.15) is 16.5 Å². The summed E-state index contributed by atoms with van der Waals surface area (Å²) < 4.78 is 33.0. The third-order valence-corrected chi connectivity index (χ3v) is 4.43. The lowest BCUT2D eigenvalue weighted by Crippen LogP contribution is -2.15. The highest BCUT2D eigenvalue weighted by atomic mass is 79.9. The molecule has 0 amide bonds. The number of nitrogens with zero attached hydrogens (tertiary/aromatic N) is 1. The molecule has 5 nitrogen and oxygen atoms in total. The normalized spacial score (nSPS) is 11.2. The van der Waals surface area contributed by atoms with E-state index < -0.39 is 10.0 Å². The Balaban J connectivity index is 2.40. The van der Waals surface area contributed by atoms with E-state index in [1.807, 2.05) is 0 Å². The smallest absolute Gasteiger partial charge is 0.266 e. The van der Waals surface area contributed by atoms with Crippen LogP contribution in [0.3, 0.4) is 0 Å². The number of sulfonamides is 1. The van der Waals surface area contributed by atoms with Gasteiger partial charge in [0.25, 0.3) is 10.0 Å². The fraction of sp³-hybridized carbons (Fsp3) is 0.154. The second kappa shape index (κ2) is 5.80. The van der Waals surface area contributed by atoms with Gasteiger partial charge in [-0.1, -0.05) is 22.0 Å². The predicted molar refractivity (Wildman–Crippen MR) is 80.5 cm³/mol. The number of aromatic nitrogens is 1. The van der Waals surface area contributed by atoms with Gasteiger partial charge in [-0.25, -0.2) is 13.4 Å². The summed E-state index contributed by atoms with van der Waals surface area (Å²) in [6, 6.07) is 9.83. The summed E-state index contributed by atoms with van der Waals surface area (Å²) in [6.07, 6.45) is 0. The Morgan fingerprint density at radius 3 is 2.65 bits per heavy atom. The third kappa shape index (κ3) is 3.29. The van der Waals surface area contributed by atoms with Gasteiger partial charge in [-0.15, -0.1) is 0 Å². The second-order valence-electron chi connectivity index (χ2n) is 4.06. The molecule has 1 N–H and O–H groups in total. The van der Waals surface area contributed by atoms with Crippen molar-refractivity contribution in [2.75, 3.05) is 11.8 Å². The summed E-state index contributed by atoms with van der Waals surface area (Å²) >= 11 is 3.27. The third-order valence-electron chi connectivity index (χ3n) is 2.54. The van der Waals surface area contributed by atoms with Crippen LogP contribution < -0.4 is 9.46 Å². The molecule has 0 spiro atoms. The standard InChI is InChI=1S/C13H13BrN2O3S/c1-9-4-3-5-13(15-9)16-20(17,18)12-7-6-10(14)8-11(12)19-2/h3-8H,1-2H3,(H,15,16). The van der Waals surface area contributed by atoms with E-state index in [9.17, 15) is 8.42 Å². The molecule has 106 valence electrons. The van der Waals surface area contributed by atoms with Gasteiger partial charge in [-0.05, 0) is 37.3 Å². The number of rotatable bonds is 4. The molecule has 0 fully saturated rings. The number of hydrogen-bond acceptors (Lipinski definition) is 4. The first-order valence-corrected chi connectivity index (χ1v) is 8.00. The molecule has 0 unspecified atom stereocenters. The number of halogens is 1. The van der Waals surface area contributed by atoms with Crippen molar-refractivity contribution >= 4 is 31.8 Å². The van der Waals surface area contributed by atoms with E-state index in [2.05, 4.69) is 25.6 Å². The first kappa shape index (κ1) is 14.8. The maximum atomic E-state index is 12.4. The van der Waals surface area contributed by atoms with E-state index in [-0.39, 0.29) is 16.5 Å². The number of anilines is 1. The lowest BCUT2D eigenvalue weighted by Gasteiger charge is -2.11. The molecule has 0 atom stereocenters. The average Bonchev–Trinajstić information content (AvgIpc) is 2.37. The molecule has 0 aliphatic rings. The largest absolute Gasteiger partial charge is 0.495 e. The van der Waals surface area contributed by atoms with Gasteiger partial charge in [0.15, 0.2) is 0 Å². The number of ether oxygens (including phenoxy) is 1. The molecule has 20 heavy (non-hydrogen) atoms. The Labute approximate surface area is 126 Å². The maximum Gasteiger partial charge on any atom is 0.266 e. The maximum absolute atomic E-state index is 12.4. The van der Waals surface area contributed by atoms with E-state index in [0.29, 0.717) is 0 Å².